The molecule has 3 rings (SSSR count). The summed E-state index contributed by atoms with van der Waals surface area (Å²) in [5.74, 6) is 1.05. The number of hydrogen-bond donors (Lipinski definition) is 0. The highest BCUT2D eigenvalue weighted by Crippen LogP contribution is 2.26. The molecule has 0 saturated carbocycles. The molecule has 0 radical (unpaired) electrons. The van der Waals surface area contributed by atoms with E-state index in [1.54, 1.807) is 0 Å². The Hall–Kier alpha value is -1.78. The molecule has 2 heterocycles. The van der Waals surface area contributed by atoms with Crippen molar-refractivity contribution in [3.63, 3.8) is 0 Å². The van der Waals surface area contributed by atoms with Crippen LogP contribution in [0.15, 0.2) is 12.3 Å². The molecule has 1 aliphatic carbocycles. The first-order chi connectivity index (χ1) is 11.3. The smallest absolute Gasteiger partial charge is 0.410 e. The fourth-order valence-electron chi connectivity index (χ4n) is 3.55. The van der Waals surface area contributed by atoms with Gasteiger partial charge in [0, 0.05) is 31.9 Å². The van der Waals surface area contributed by atoms with Crippen LogP contribution in [0.1, 0.15) is 51.7 Å². The average molecular weight is 331 g/mol. The first kappa shape index (κ1) is 17.1. The summed E-state index contributed by atoms with van der Waals surface area (Å²) in [6.07, 6.45) is 6.71. The van der Waals surface area contributed by atoms with Gasteiger partial charge in [0.05, 0.1) is 0 Å². The van der Waals surface area contributed by atoms with Crippen molar-refractivity contribution >= 4 is 11.9 Å². The van der Waals surface area contributed by atoms with E-state index in [2.05, 4.69) is 29.1 Å². The zero-order valence-corrected chi connectivity index (χ0v) is 15.3. The molecule has 0 unspecified atom stereocenters. The standard InChI is InChI=1S/C19H29N3O2/c1-14-13-21(18(23)24-19(2,3)4)9-10-22(14)17-11-15-7-5-6-8-16(15)12-20-17/h11-12,14H,5-10,13H2,1-4H3/t14-/m1/s1. The summed E-state index contributed by atoms with van der Waals surface area (Å²) >= 11 is 0. The van der Waals surface area contributed by atoms with Gasteiger partial charge in [-0.1, -0.05) is 0 Å². The second kappa shape index (κ2) is 6.61. The Labute approximate surface area is 145 Å². The molecule has 1 saturated heterocycles. The molecule has 0 N–H and O–H groups in total. The minimum absolute atomic E-state index is 0.215. The van der Waals surface area contributed by atoms with Crippen LogP contribution in [0.3, 0.4) is 0 Å². The Morgan fingerprint density at radius 2 is 1.92 bits per heavy atom. The Kier molecular flexibility index (Phi) is 4.70. The monoisotopic (exact) mass is 331 g/mol. The average Bonchev–Trinajstić information content (AvgIpc) is 2.52. The normalized spacial score (nSPS) is 21.4. The van der Waals surface area contributed by atoms with Crippen molar-refractivity contribution in [3.8, 4) is 0 Å². The van der Waals surface area contributed by atoms with Crippen molar-refractivity contribution in [1.82, 2.24) is 9.88 Å². The van der Waals surface area contributed by atoms with Gasteiger partial charge in [-0.25, -0.2) is 9.78 Å². The molecule has 1 aromatic heterocycles. The second-order valence-corrected chi connectivity index (χ2v) is 7.99. The Balaban J connectivity index is 1.67. The topological polar surface area (TPSA) is 45.7 Å². The third-order valence-electron chi connectivity index (χ3n) is 4.78. The van der Waals surface area contributed by atoms with Crippen LogP contribution in [0.5, 0.6) is 0 Å². The number of carbonyl (C=O) groups is 1. The zero-order chi connectivity index (χ0) is 17.3. The van der Waals surface area contributed by atoms with Crippen molar-refractivity contribution in [2.24, 2.45) is 0 Å². The van der Waals surface area contributed by atoms with E-state index >= 15 is 0 Å². The number of piperazine rings is 1. The number of ether oxygens (including phenoxy) is 1. The highest BCUT2D eigenvalue weighted by molar-refractivity contribution is 5.68. The summed E-state index contributed by atoms with van der Waals surface area (Å²) in [5, 5.41) is 0. The molecule has 5 nitrogen and oxygen atoms in total. The molecule has 0 spiro atoms. The second-order valence-electron chi connectivity index (χ2n) is 7.99. The third-order valence-corrected chi connectivity index (χ3v) is 4.78. The van der Waals surface area contributed by atoms with Gasteiger partial charge in [0.1, 0.15) is 11.4 Å². The Morgan fingerprint density at radius 3 is 2.58 bits per heavy atom. The summed E-state index contributed by atoms with van der Waals surface area (Å²) in [6.45, 7) is 10.0. The van der Waals surface area contributed by atoms with E-state index in [4.69, 9.17) is 4.74 Å². The van der Waals surface area contributed by atoms with Crippen molar-refractivity contribution < 1.29 is 9.53 Å². The van der Waals surface area contributed by atoms with Gasteiger partial charge < -0.3 is 14.5 Å². The molecule has 0 aromatic carbocycles. The third kappa shape index (κ3) is 3.82. The minimum atomic E-state index is -0.447. The van der Waals surface area contributed by atoms with Crippen LogP contribution >= 0.6 is 0 Å². The number of amides is 1. The first-order valence-electron chi connectivity index (χ1n) is 9.06. The Morgan fingerprint density at radius 1 is 1.21 bits per heavy atom. The SMILES string of the molecule is C[C@@H]1CN(C(=O)OC(C)(C)C)CCN1c1cc2c(cn1)CCCC2. The summed E-state index contributed by atoms with van der Waals surface area (Å²) in [6, 6.07) is 2.49. The van der Waals surface area contributed by atoms with Crippen molar-refractivity contribution in [2.45, 2.75) is 65.0 Å². The molecule has 2 aliphatic rings. The van der Waals surface area contributed by atoms with Gasteiger partial charge in [-0.2, -0.15) is 0 Å². The molecule has 0 bridgehead atoms. The molecule has 1 atom stereocenters. The van der Waals surface area contributed by atoms with Crippen molar-refractivity contribution in [1.29, 1.82) is 0 Å². The summed E-state index contributed by atoms with van der Waals surface area (Å²) in [4.78, 5) is 21.1. The van der Waals surface area contributed by atoms with Crippen LogP contribution < -0.4 is 4.90 Å². The lowest BCUT2D eigenvalue weighted by atomic mass is 9.93. The minimum Gasteiger partial charge on any atom is -0.444 e. The summed E-state index contributed by atoms with van der Waals surface area (Å²) < 4.78 is 5.49. The maximum absolute atomic E-state index is 12.3. The van der Waals surface area contributed by atoms with Crippen LogP contribution in [0.25, 0.3) is 0 Å². The van der Waals surface area contributed by atoms with Crippen molar-refractivity contribution in [3.05, 3.63) is 23.4 Å². The first-order valence-corrected chi connectivity index (χ1v) is 9.06. The quantitative estimate of drug-likeness (QED) is 0.791. The maximum atomic E-state index is 12.3. The molecule has 1 aromatic rings. The van der Waals surface area contributed by atoms with E-state index in [9.17, 15) is 4.79 Å². The molecule has 1 amide bonds. The highest BCUT2D eigenvalue weighted by atomic mass is 16.6. The van der Waals surface area contributed by atoms with E-state index in [0.717, 1.165) is 25.2 Å². The van der Waals surface area contributed by atoms with E-state index in [0.29, 0.717) is 13.1 Å². The van der Waals surface area contributed by atoms with Gasteiger partial charge in [-0.15, -0.1) is 0 Å². The molecular weight excluding hydrogens is 302 g/mol. The van der Waals surface area contributed by atoms with Crippen LogP contribution in [0, 0.1) is 0 Å². The molecular formula is C19H29N3O2. The number of fused-ring (bicyclic) bond motifs is 1. The van der Waals surface area contributed by atoms with Gasteiger partial charge >= 0.3 is 6.09 Å². The fraction of sp³-hybridized carbons (Fsp3) is 0.684. The lowest BCUT2D eigenvalue weighted by molar-refractivity contribution is 0.0218. The number of anilines is 1. The number of aromatic nitrogens is 1. The lowest BCUT2D eigenvalue weighted by Gasteiger charge is -2.41. The van der Waals surface area contributed by atoms with Crippen LogP contribution in [-0.4, -0.2) is 47.3 Å². The van der Waals surface area contributed by atoms with E-state index < -0.39 is 5.60 Å². The predicted octanol–water partition coefficient (Wildman–Crippen LogP) is 3.41. The van der Waals surface area contributed by atoms with Gasteiger partial charge in [-0.3, -0.25) is 0 Å². The molecule has 1 aliphatic heterocycles. The Bertz CT molecular complexity index is 609. The van der Waals surface area contributed by atoms with Gasteiger partial charge in [0.2, 0.25) is 0 Å². The molecule has 132 valence electrons. The van der Waals surface area contributed by atoms with Crippen LogP contribution in [0.2, 0.25) is 0 Å². The fourth-order valence-corrected chi connectivity index (χ4v) is 3.55. The molecule has 5 heteroatoms. The highest BCUT2D eigenvalue weighted by Gasteiger charge is 2.30. The molecule has 1 fully saturated rings. The number of carbonyl (C=O) groups excluding carboxylic acids is 1. The van der Waals surface area contributed by atoms with E-state index in [1.165, 1.54) is 24.0 Å². The van der Waals surface area contributed by atoms with Gasteiger partial charge in [0.15, 0.2) is 0 Å². The van der Waals surface area contributed by atoms with Crippen LogP contribution in [-0.2, 0) is 17.6 Å². The summed E-state index contributed by atoms with van der Waals surface area (Å²) in [7, 11) is 0. The molecule has 24 heavy (non-hydrogen) atoms. The zero-order valence-electron chi connectivity index (χ0n) is 15.3. The van der Waals surface area contributed by atoms with Crippen LogP contribution in [0.4, 0.5) is 10.6 Å². The lowest BCUT2D eigenvalue weighted by Crippen LogP contribution is -2.54. The van der Waals surface area contributed by atoms with Gasteiger partial charge in [-0.05, 0) is 70.6 Å². The predicted molar refractivity (Wildman–Crippen MR) is 95.5 cm³/mol. The van der Waals surface area contributed by atoms with Gasteiger partial charge in [0.25, 0.3) is 0 Å². The maximum Gasteiger partial charge on any atom is 0.410 e. The number of rotatable bonds is 1. The number of aryl methyl sites for hydroxylation is 2. The van der Waals surface area contributed by atoms with E-state index in [1.807, 2.05) is 25.7 Å². The summed E-state index contributed by atoms with van der Waals surface area (Å²) in [5.41, 5.74) is 2.41. The largest absolute Gasteiger partial charge is 0.444 e. The van der Waals surface area contributed by atoms with E-state index in [-0.39, 0.29) is 12.1 Å². The van der Waals surface area contributed by atoms with Crippen molar-refractivity contribution in [2.75, 3.05) is 24.5 Å². The number of pyridine rings is 1. The number of hydrogen-bond acceptors (Lipinski definition) is 4. The number of nitrogens with zero attached hydrogens (tertiary/aromatic N) is 3.